The van der Waals surface area contributed by atoms with Crippen LogP contribution in [0.3, 0.4) is 0 Å². The lowest BCUT2D eigenvalue weighted by atomic mass is 9.92. The molecule has 0 saturated carbocycles. The monoisotopic (exact) mass is 361 g/mol. The highest BCUT2D eigenvalue weighted by Crippen LogP contribution is 2.27. The van der Waals surface area contributed by atoms with Crippen LogP contribution < -0.4 is 9.80 Å². The van der Waals surface area contributed by atoms with Gasteiger partial charge in [-0.15, -0.1) is 0 Å². The fourth-order valence-corrected chi connectivity index (χ4v) is 3.33. The topological polar surface area (TPSA) is 73.3 Å². The molecule has 138 valence electrons. The third kappa shape index (κ3) is 3.31. The van der Waals surface area contributed by atoms with Gasteiger partial charge in [0.1, 0.15) is 17.3 Å². The molecule has 0 radical (unpaired) electrons. The van der Waals surface area contributed by atoms with Gasteiger partial charge in [0.15, 0.2) is 5.82 Å². The number of pyridine rings is 1. The molecule has 3 aromatic rings. The van der Waals surface area contributed by atoms with Crippen molar-refractivity contribution >= 4 is 17.0 Å². The molecule has 0 spiro atoms. The van der Waals surface area contributed by atoms with E-state index in [0.29, 0.717) is 5.69 Å². The molecule has 1 aliphatic rings. The highest BCUT2D eigenvalue weighted by atomic mass is 15.3. The highest BCUT2D eigenvalue weighted by molar-refractivity contribution is 5.70. The van der Waals surface area contributed by atoms with E-state index in [2.05, 4.69) is 52.7 Å². The highest BCUT2D eigenvalue weighted by Gasteiger charge is 2.23. The van der Waals surface area contributed by atoms with E-state index in [1.54, 1.807) is 12.3 Å². The van der Waals surface area contributed by atoms with Crippen molar-refractivity contribution in [3.05, 3.63) is 48.2 Å². The van der Waals surface area contributed by atoms with Gasteiger partial charge in [0.2, 0.25) is 0 Å². The van der Waals surface area contributed by atoms with Crippen molar-refractivity contribution in [3.63, 3.8) is 0 Å². The van der Waals surface area contributed by atoms with Crippen molar-refractivity contribution in [2.75, 3.05) is 36.0 Å². The Morgan fingerprint density at radius 1 is 1.04 bits per heavy atom. The van der Waals surface area contributed by atoms with E-state index in [9.17, 15) is 0 Å². The first kappa shape index (κ1) is 17.3. The van der Waals surface area contributed by atoms with Crippen LogP contribution in [0, 0.1) is 11.3 Å². The zero-order valence-corrected chi connectivity index (χ0v) is 15.9. The second-order valence-electron chi connectivity index (χ2n) is 7.85. The molecule has 1 aliphatic heterocycles. The smallest absolute Gasteiger partial charge is 0.154 e. The number of nitrogens with zero attached hydrogens (tertiary/aromatic N) is 7. The fourth-order valence-electron chi connectivity index (χ4n) is 3.33. The molecule has 4 heterocycles. The van der Waals surface area contributed by atoms with E-state index in [0.717, 1.165) is 48.9 Å². The molecule has 0 unspecified atom stereocenters. The average Bonchev–Trinajstić information content (AvgIpc) is 3.13. The Bertz CT molecular complexity index is 984. The first-order valence-corrected chi connectivity index (χ1v) is 9.16. The Balaban J connectivity index is 1.54. The van der Waals surface area contributed by atoms with Crippen molar-refractivity contribution in [2.45, 2.75) is 26.2 Å². The number of fused-ring (bicyclic) bond motifs is 1. The molecule has 7 heteroatoms. The summed E-state index contributed by atoms with van der Waals surface area (Å²) in [4.78, 5) is 13.4. The maximum atomic E-state index is 8.89. The molecule has 27 heavy (non-hydrogen) atoms. The molecule has 0 aromatic carbocycles. The normalized spacial score (nSPS) is 15.2. The van der Waals surface area contributed by atoms with Gasteiger partial charge in [-0.3, -0.25) is 0 Å². The average molecular weight is 361 g/mol. The van der Waals surface area contributed by atoms with Crippen LogP contribution in [-0.4, -0.2) is 45.8 Å². The van der Waals surface area contributed by atoms with Gasteiger partial charge in [-0.2, -0.15) is 10.4 Å². The molecule has 1 saturated heterocycles. The van der Waals surface area contributed by atoms with Gasteiger partial charge in [0, 0.05) is 44.0 Å². The molecule has 0 atom stereocenters. The molecule has 1 fully saturated rings. The van der Waals surface area contributed by atoms with Crippen LogP contribution in [0.4, 0.5) is 11.5 Å². The van der Waals surface area contributed by atoms with E-state index in [-0.39, 0.29) is 5.41 Å². The fraction of sp³-hybridized carbons (Fsp3) is 0.400. The van der Waals surface area contributed by atoms with Crippen molar-refractivity contribution < 1.29 is 0 Å². The predicted molar refractivity (Wildman–Crippen MR) is 105 cm³/mol. The molecular formula is C20H23N7. The maximum Gasteiger partial charge on any atom is 0.154 e. The number of anilines is 2. The van der Waals surface area contributed by atoms with Gasteiger partial charge in [-0.1, -0.05) is 20.8 Å². The van der Waals surface area contributed by atoms with Crippen LogP contribution in [0.15, 0.2) is 36.8 Å². The summed E-state index contributed by atoms with van der Waals surface area (Å²) >= 11 is 0. The third-order valence-corrected chi connectivity index (χ3v) is 4.94. The number of nitriles is 1. The first-order valence-electron chi connectivity index (χ1n) is 9.16. The SMILES string of the molecule is CC(C)(C)c1cc2c(N3CCN(c4ccc(C#N)nc4)CC3)nccn2n1. The Labute approximate surface area is 158 Å². The summed E-state index contributed by atoms with van der Waals surface area (Å²) in [6.07, 6.45) is 5.51. The summed E-state index contributed by atoms with van der Waals surface area (Å²) in [5.74, 6) is 0.984. The minimum absolute atomic E-state index is 0.00454. The molecule has 0 aliphatic carbocycles. The van der Waals surface area contributed by atoms with E-state index in [4.69, 9.17) is 10.4 Å². The number of hydrogen-bond donors (Lipinski definition) is 0. The molecule has 4 rings (SSSR count). The third-order valence-electron chi connectivity index (χ3n) is 4.94. The lowest BCUT2D eigenvalue weighted by Crippen LogP contribution is -2.47. The minimum Gasteiger partial charge on any atom is -0.367 e. The van der Waals surface area contributed by atoms with Crippen LogP contribution in [0.2, 0.25) is 0 Å². The van der Waals surface area contributed by atoms with Crippen LogP contribution in [0.5, 0.6) is 0 Å². The Hall–Kier alpha value is -3.14. The van der Waals surface area contributed by atoms with E-state index >= 15 is 0 Å². The summed E-state index contributed by atoms with van der Waals surface area (Å²) < 4.78 is 1.93. The quantitative estimate of drug-likeness (QED) is 0.699. The number of hydrogen-bond acceptors (Lipinski definition) is 6. The van der Waals surface area contributed by atoms with Crippen molar-refractivity contribution in [1.82, 2.24) is 19.6 Å². The van der Waals surface area contributed by atoms with Crippen LogP contribution >= 0.6 is 0 Å². The summed E-state index contributed by atoms with van der Waals surface area (Å²) in [5.41, 5.74) is 3.63. The molecule has 0 bridgehead atoms. The van der Waals surface area contributed by atoms with Crippen LogP contribution in [-0.2, 0) is 5.41 Å². The van der Waals surface area contributed by atoms with E-state index in [1.165, 1.54) is 0 Å². The minimum atomic E-state index is 0.00454. The van der Waals surface area contributed by atoms with Crippen molar-refractivity contribution in [2.24, 2.45) is 0 Å². The summed E-state index contributed by atoms with van der Waals surface area (Å²) in [5, 5.41) is 13.6. The summed E-state index contributed by atoms with van der Waals surface area (Å²) in [6, 6.07) is 7.95. The first-order chi connectivity index (χ1) is 13.0. The van der Waals surface area contributed by atoms with Gasteiger partial charge in [-0.05, 0) is 18.2 Å². The summed E-state index contributed by atoms with van der Waals surface area (Å²) in [6.45, 7) is 10.0. The predicted octanol–water partition coefficient (Wildman–Crippen LogP) is 2.62. The largest absolute Gasteiger partial charge is 0.367 e. The second-order valence-corrected chi connectivity index (χ2v) is 7.85. The summed E-state index contributed by atoms with van der Waals surface area (Å²) in [7, 11) is 0. The zero-order chi connectivity index (χ0) is 19.0. The molecule has 0 N–H and O–H groups in total. The van der Waals surface area contributed by atoms with Gasteiger partial charge < -0.3 is 9.80 Å². The van der Waals surface area contributed by atoms with Gasteiger partial charge >= 0.3 is 0 Å². The van der Waals surface area contributed by atoms with Crippen molar-refractivity contribution in [3.8, 4) is 6.07 Å². The molecular weight excluding hydrogens is 338 g/mol. The van der Waals surface area contributed by atoms with Crippen molar-refractivity contribution in [1.29, 1.82) is 5.26 Å². The van der Waals surface area contributed by atoms with Crippen LogP contribution in [0.1, 0.15) is 32.2 Å². The zero-order valence-electron chi connectivity index (χ0n) is 15.9. The molecule has 0 amide bonds. The Morgan fingerprint density at radius 3 is 2.41 bits per heavy atom. The van der Waals surface area contributed by atoms with Gasteiger partial charge in [0.25, 0.3) is 0 Å². The molecule has 3 aromatic heterocycles. The number of aromatic nitrogens is 4. The molecule has 7 nitrogen and oxygen atoms in total. The second kappa shape index (κ2) is 6.54. The van der Waals surface area contributed by atoms with Gasteiger partial charge in [0.05, 0.1) is 17.6 Å². The number of rotatable bonds is 2. The van der Waals surface area contributed by atoms with E-state index < -0.39 is 0 Å². The maximum absolute atomic E-state index is 8.89. The van der Waals surface area contributed by atoms with E-state index in [1.807, 2.05) is 23.0 Å². The Morgan fingerprint density at radius 2 is 1.78 bits per heavy atom. The Kier molecular flexibility index (Phi) is 4.19. The lowest BCUT2D eigenvalue weighted by Gasteiger charge is -2.36. The lowest BCUT2D eigenvalue weighted by molar-refractivity contribution is 0.562. The number of piperazine rings is 1. The standard InChI is InChI=1S/C20H23N7/c1-20(2,3)18-12-17-19(22-6-7-27(17)24-18)26-10-8-25(9-11-26)16-5-4-15(13-21)23-14-16/h4-7,12,14H,8-11H2,1-3H3. The van der Waals surface area contributed by atoms with Crippen LogP contribution in [0.25, 0.3) is 5.52 Å². The van der Waals surface area contributed by atoms with Gasteiger partial charge in [-0.25, -0.2) is 14.5 Å².